The monoisotopic (exact) mass is 350 g/mol. The molecule has 138 valence electrons. The van der Waals surface area contributed by atoms with Gasteiger partial charge in [-0.2, -0.15) is 0 Å². The van der Waals surface area contributed by atoms with E-state index in [0.717, 1.165) is 39.1 Å². The number of morpholine rings is 1. The Bertz CT molecular complexity index is 570. The van der Waals surface area contributed by atoms with Crippen molar-refractivity contribution in [3.8, 4) is 5.75 Å². The van der Waals surface area contributed by atoms with Crippen LogP contribution in [0.4, 0.5) is 4.39 Å². The van der Waals surface area contributed by atoms with Crippen molar-refractivity contribution in [2.24, 2.45) is 0 Å². The molecule has 0 radical (unpaired) electrons. The molecule has 1 saturated heterocycles. The van der Waals surface area contributed by atoms with Crippen molar-refractivity contribution in [3.63, 3.8) is 0 Å². The third-order valence-electron chi connectivity index (χ3n) is 5.25. The van der Waals surface area contributed by atoms with Crippen LogP contribution in [-0.2, 0) is 9.53 Å². The number of nitrogens with one attached hydrogen (secondary N) is 1. The highest BCUT2D eigenvalue weighted by Gasteiger charge is 2.38. The second kappa shape index (κ2) is 8.63. The summed E-state index contributed by atoms with van der Waals surface area (Å²) in [6.07, 6.45) is 5.89. The minimum Gasteiger partial charge on any atom is -0.484 e. The van der Waals surface area contributed by atoms with E-state index in [-0.39, 0.29) is 23.9 Å². The number of ether oxygens (including phenoxy) is 2. The Balaban J connectivity index is 1.52. The van der Waals surface area contributed by atoms with Crippen LogP contribution in [0, 0.1) is 5.82 Å². The van der Waals surface area contributed by atoms with Gasteiger partial charge in [-0.3, -0.25) is 9.69 Å². The molecule has 1 saturated carbocycles. The first kappa shape index (κ1) is 18.1. The lowest BCUT2D eigenvalue weighted by Crippen LogP contribution is -2.60. The van der Waals surface area contributed by atoms with Crippen molar-refractivity contribution < 1.29 is 18.7 Å². The molecule has 2 fully saturated rings. The molecular formula is C19H27FN2O3. The Morgan fingerprint density at radius 2 is 2.00 bits per heavy atom. The average Bonchev–Trinajstić information content (AvgIpc) is 2.66. The summed E-state index contributed by atoms with van der Waals surface area (Å²) in [7, 11) is 0. The van der Waals surface area contributed by atoms with Crippen molar-refractivity contribution in [3.05, 3.63) is 30.1 Å². The third kappa shape index (κ3) is 4.92. The topological polar surface area (TPSA) is 50.8 Å². The van der Waals surface area contributed by atoms with Gasteiger partial charge in [0.15, 0.2) is 6.61 Å². The van der Waals surface area contributed by atoms with Crippen LogP contribution in [0.2, 0.25) is 0 Å². The van der Waals surface area contributed by atoms with Crippen molar-refractivity contribution in [2.75, 3.05) is 39.5 Å². The summed E-state index contributed by atoms with van der Waals surface area (Å²) in [5.41, 5.74) is 0.0382. The zero-order chi connectivity index (χ0) is 17.5. The van der Waals surface area contributed by atoms with Crippen LogP contribution in [0.5, 0.6) is 5.75 Å². The van der Waals surface area contributed by atoms with Gasteiger partial charge in [-0.25, -0.2) is 4.39 Å². The van der Waals surface area contributed by atoms with E-state index in [1.165, 1.54) is 31.4 Å². The van der Waals surface area contributed by atoms with Crippen LogP contribution in [0.3, 0.4) is 0 Å². The molecule has 1 amide bonds. The molecule has 1 heterocycles. The lowest BCUT2D eigenvalue weighted by atomic mass is 9.79. The molecular weight excluding hydrogens is 323 g/mol. The number of rotatable bonds is 6. The molecule has 0 atom stereocenters. The lowest BCUT2D eigenvalue weighted by Gasteiger charge is -2.48. The van der Waals surface area contributed by atoms with E-state index in [0.29, 0.717) is 12.3 Å². The fourth-order valence-electron chi connectivity index (χ4n) is 3.87. The molecule has 1 aliphatic carbocycles. The van der Waals surface area contributed by atoms with E-state index in [4.69, 9.17) is 9.47 Å². The number of halogens is 1. The quantitative estimate of drug-likeness (QED) is 0.856. The zero-order valence-corrected chi connectivity index (χ0v) is 14.6. The van der Waals surface area contributed by atoms with Crippen LogP contribution < -0.4 is 10.1 Å². The van der Waals surface area contributed by atoms with E-state index < -0.39 is 0 Å². The number of hydrogen-bond acceptors (Lipinski definition) is 4. The summed E-state index contributed by atoms with van der Waals surface area (Å²) in [6.45, 7) is 3.92. The number of benzene rings is 1. The smallest absolute Gasteiger partial charge is 0.258 e. The van der Waals surface area contributed by atoms with Crippen molar-refractivity contribution >= 4 is 5.91 Å². The van der Waals surface area contributed by atoms with Crippen LogP contribution in [-0.4, -0.2) is 55.8 Å². The van der Waals surface area contributed by atoms with Crippen LogP contribution in [0.25, 0.3) is 0 Å². The molecule has 3 rings (SSSR count). The Morgan fingerprint density at radius 1 is 1.24 bits per heavy atom. The predicted molar refractivity (Wildman–Crippen MR) is 93.1 cm³/mol. The molecule has 1 N–H and O–H groups in total. The van der Waals surface area contributed by atoms with Crippen LogP contribution in [0.15, 0.2) is 24.3 Å². The van der Waals surface area contributed by atoms with Gasteiger partial charge in [0.25, 0.3) is 5.91 Å². The second-order valence-corrected chi connectivity index (χ2v) is 6.91. The van der Waals surface area contributed by atoms with Gasteiger partial charge in [0.2, 0.25) is 0 Å². The van der Waals surface area contributed by atoms with Crippen LogP contribution >= 0.6 is 0 Å². The van der Waals surface area contributed by atoms with Gasteiger partial charge in [0, 0.05) is 31.2 Å². The van der Waals surface area contributed by atoms with Gasteiger partial charge in [-0.05, 0) is 25.0 Å². The van der Waals surface area contributed by atoms with E-state index in [1.807, 2.05) is 0 Å². The van der Waals surface area contributed by atoms with Gasteiger partial charge < -0.3 is 14.8 Å². The Kier molecular flexibility index (Phi) is 6.26. The summed E-state index contributed by atoms with van der Waals surface area (Å²) in [4.78, 5) is 14.7. The third-order valence-corrected chi connectivity index (χ3v) is 5.25. The Hall–Kier alpha value is -1.66. The summed E-state index contributed by atoms with van der Waals surface area (Å²) in [5.74, 6) is -0.162. The fraction of sp³-hybridized carbons (Fsp3) is 0.632. The molecule has 1 aromatic carbocycles. The van der Waals surface area contributed by atoms with Gasteiger partial charge in [-0.1, -0.05) is 25.3 Å². The van der Waals surface area contributed by atoms with Gasteiger partial charge in [-0.15, -0.1) is 0 Å². The maximum absolute atomic E-state index is 13.1. The van der Waals surface area contributed by atoms with Gasteiger partial charge in [0.1, 0.15) is 11.6 Å². The first-order valence-electron chi connectivity index (χ1n) is 9.16. The number of carbonyl (C=O) groups excluding carboxylic acids is 1. The SMILES string of the molecule is O=C(COc1cccc(F)c1)NCC1(N2CCOCC2)CCCCC1. The first-order valence-corrected chi connectivity index (χ1v) is 9.16. The number of hydrogen-bond donors (Lipinski definition) is 1. The molecule has 0 aromatic heterocycles. The fourth-order valence-corrected chi connectivity index (χ4v) is 3.87. The average molecular weight is 350 g/mol. The minimum atomic E-state index is -0.369. The van der Waals surface area contributed by atoms with Crippen molar-refractivity contribution in [1.82, 2.24) is 10.2 Å². The van der Waals surface area contributed by atoms with E-state index in [2.05, 4.69) is 10.2 Å². The first-order chi connectivity index (χ1) is 12.2. The Labute approximate surface area is 148 Å². The summed E-state index contributed by atoms with van der Waals surface area (Å²) < 4.78 is 24.0. The normalized spacial score (nSPS) is 20.8. The van der Waals surface area contributed by atoms with E-state index >= 15 is 0 Å². The van der Waals surface area contributed by atoms with Crippen LogP contribution in [0.1, 0.15) is 32.1 Å². The largest absolute Gasteiger partial charge is 0.484 e. The highest BCUT2D eigenvalue weighted by atomic mass is 19.1. The molecule has 0 bridgehead atoms. The molecule has 2 aliphatic rings. The molecule has 5 nitrogen and oxygen atoms in total. The zero-order valence-electron chi connectivity index (χ0n) is 14.6. The number of amides is 1. The van der Waals surface area contributed by atoms with Gasteiger partial charge in [0.05, 0.1) is 13.2 Å². The molecule has 25 heavy (non-hydrogen) atoms. The maximum Gasteiger partial charge on any atom is 0.258 e. The minimum absolute atomic E-state index is 0.0382. The lowest BCUT2D eigenvalue weighted by molar-refractivity contribution is -0.124. The molecule has 1 aromatic rings. The number of nitrogens with zero attached hydrogens (tertiary/aromatic N) is 1. The molecule has 6 heteroatoms. The summed E-state index contributed by atoms with van der Waals surface area (Å²) in [5, 5.41) is 3.04. The standard InChI is InChI=1S/C19H27FN2O3/c20-16-5-4-6-17(13-16)25-14-18(23)21-15-19(7-2-1-3-8-19)22-9-11-24-12-10-22/h4-6,13H,1-3,7-12,14-15H2,(H,21,23). The second-order valence-electron chi connectivity index (χ2n) is 6.91. The predicted octanol–water partition coefficient (Wildman–Crippen LogP) is 2.36. The molecule has 1 aliphatic heterocycles. The molecule has 0 spiro atoms. The maximum atomic E-state index is 13.1. The summed E-state index contributed by atoms with van der Waals surface area (Å²) >= 11 is 0. The number of carbonyl (C=O) groups is 1. The highest BCUT2D eigenvalue weighted by Crippen LogP contribution is 2.33. The Morgan fingerprint density at radius 3 is 2.72 bits per heavy atom. The molecule has 0 unspecified atom stereocenters. The highest BCUT2D eigenvalue weighted by molar-refractivity contribution is 5.77. The van der Waals surface area contributed by atoms with Crippen molar-refractivity contribution in [1.29, 1.82) is 0 Å². The van der Waals surface area contributed by atoms with Gasteiger partial charge >= 0.3 is 0 Å². The van der Waals surface area contributed by atoms with E-state index in [1.54, 1.807) is 12.1 Å². The van der Waals surface area contributed by atoms with Crippen molar-refractivity contribution in [2.45, 2.75) is 37.6 Å². The van der Waals surface area contributed by atoms with E-state index in [9.17, 15) is 9.18 Å². The summed E-state index contributed by atoms with van der Waals surface area (Å²) in [6, 6.07) is 5.84.